The van der Waals surface area contributed by atoms with E-state index in [9.17, 15) is 9.59 Å². The van der Waals surface area contributed by atoms with Crippen molar-refractivity contribution in [3.63, 3.8) is 0 Å². The van der Waals surface area contributed by atoms with Gasteiger partial charge >= 0.3 is 11.9 Å². The molecular weight excluding hydrogens is 493 g/mol. The van der Waals surface area contributed by atoms with Crippen LogP contribution >= 0.6 is 0 Å². The lowest BCUT2D eigenvalue weighted by Gasteiger charge is -2.23. The van der Waals surface area contributed by atoms with E-state index in [1.54, 1.807) is 24.3 Å². The molecule has 37 heavy (non-hydrogen) atoms. The summed E-state index contributed by atoms with van der Waals surface area (Å²) in [5, 5.41) is 0. The number of carbonyl (C=O) groups excluding carboxylic acids is 2. The Labute approximate surface area is 232 Å². The first kappa shape index (κ1) is 34.8. The third-order valence-corrected chi connectivity index (χ3v) is 8.24. The third kappa shape index (κ3) is 16.3. The molecule has 0 aliphatic heterocycles. The number of ether oxygens (including phenoxy) is 2. The van der Waals surface area contributed by atoms with Gasteiger partial charge in [-0.05, 0) is 77.1 Å². The van der Waals surface area contributed by atoms with Gasteiger partial charge in [-0.1, -0.05) is 82.1 Å². The number of esters is 2. The van der Waals surface area contributed by atoms with Gasteiger partial charge in [0.1, 0.15) is 11.2 Å². The fourth-order valence-corrected chi connectivity index (χ4v) is 3.04. The van der Waals surface area contributed by atoms with Crippen LogP contribution in [0.2, 0.25) is 12.1 Å². The predicted molar refractivity (Wildman–Crippen MR) is 165 cm³/mol. The summed E-state index contributed by atoms with van der Waals surface area (Å²) in [6, 6.07) is 21.2. The summed E-state index contributed by atoms with van der Waals surface area (Å²) < 4.78 is 10.9. The lowest BCUT2D eigenvalue weighted by molar-refractivity contribution is -0.00639. The summed E-state index contributed by atoms with van der Waals surface area (Å²) in [4.78, 5) is 23.4. The monoisotopic (exact) mass is 544 g/mol. The minimum Gasteiger partial charge on any atom is -0.456 e. The van der Waals surface area contributed by atoms with Crippen molar-refractivity contribution in [2.45, 2.75) is 110 Å². The van der Waals surface area contributed by atoms with Gasteiger partial charge in [0.05, 0.1) is 11.1 Å². The van der Waals surface area contributed by atoms with Crippen LogP contribution in [-0.2, 0) is 9.47 Å². The normalized spacial score (nSPS) is 13.6. The highest BCUT2D eigenvalue weighted by Gasteiger charge is 2.32. The van der Waals surface area contributed by atoms with E-state index in [1.807, 2.05) is 64.1 Å². The van der Waals surface area contributed by atoms with E-state index >= 15 is 0 Å². The Morgan fingerprint density at radius 1 is 0.784 bits per heavy atom. The van der Waals surface area contributed by atoms with E-state index in [4.69, 9.17) is 9.47 Å². The fraction of sp³-hybridized carbons (Fsp3) is 0.548. The molecule has 0 bridgehead atoms. The van der Waals surface area contributed by atoms with Gasteiger partial charge < -0.3 is 9.47 Å². The molecule has 2 aromatic rings. The Balaban J connectivity index is 0.000000546. The van der Waals surface area contributed by atoms with Gasteiger partial charge in [0.15, 0.2) is 0 Å². The molecular formula is C31H52O4Si2. The molecule has 1 aliphatic carbocycles. The van der Waals surface area contributed by atoms with Crippen molar-refractivity contribution in [3.05, 3.63) is 71.8 Å². The Morgan fingerprint density at radius 3 is 1.51 bits per heavy atom. The molecule has 0 saturated heterocycles. The van der Waals surface area contributed by atoms with Gasteiger partial charge in [-0.2, -0.15) is 0 Å². The molecule has 4 nitrogen and oxygen atoms in total. The van der Waals surface area contributed by atoms with Gasteiger partial charge in [-0.3, -0.25) is 0 Å². The Kier molecular flexibility index (Phi) is 18.7. The van der Waals surface area contributed by atoms with Gasteiger partial charge in [-0.15, -0.1) is 0 Å². The second-order valence-corrected chi connectivity index (χ2v) is 12.3. The fourth-order valence-electron chi connectivity index (χ4n) is 3.04. The van der Waals surface area contributed by atoms with Gasteiger partial charge in [-0.25, -0.2) is 9.59 Å². The van der Waals surface area contributed by atoms with Crippen molar-refractivity contribution >= 4 is 32.4 Å². The average Bonchev–Trinajstić information content (AvgIpc) is 3.35. The molecule has 1 aliphatic rings. The molecule has 0 spiro atoms. The van der Waals surface area contributed by atoms with Gasteiger partial charge in [0.2, 0.25) is 0 Å². The number of hydrogen-bond donors (Lipinski definition) is 0. The van der Waals surface area contributed by atoms with Crippen LogP contribution in [0, 0.1) is 0 Å². The van der Waals surface area contributed by atoms with Gasteiger partial charge in [0.25, 0.3) is 0 Å². The molecule has 0 amide bonds. The number of benzene rings is 2. The SMILES string of the molecule is CC1(OC(=O)c2ccccc2)CCCC1.CCC(C)(C)OC(=O)c1ccccc1.CCC[SiH3].CCC[SiH3]. The van der Waals surface area contributed by atoms with Crippen molar-refractivity contribution in [1.29, 1.82) is 0 Å². The highest BCUT2D eigenvalue weighted by molar-refractivity contribution is 6.08. The van der Waals surface area contributed by atoms with Crippen LogP contribution in [0.15, 0.2) is 60.7 Å². The minimum absolute atomic E-state index is 0.194. The quantitative estimate of drug-likeness (QED) is 0.292. The van der Waals surface area contributed by atoms with E-state index in [-0.39, 0.29) is 23.1 Å². The third-order valence-electron chi connectivity index (χ3n) is 6.24. The molecule has 208 valence electrons. The summed E-state index contributed by atoms with van der Waals surface area (Å²) in [6.07, 6.45) is 7.89. The first-order valence-electron chi connectivity index (χ1n) is 14.1. The van der Waals surface area contributed by atoms with Crippen LogP contribution < -0.4 is 0 Å². The molecule has 0 atom stereocenters. The molecule has 0 radical (unpaired) electrons. The first-order chi connectivity index (χ1) is 17.6. The Morgan fingerprint density at radius 2 is 1.16 bits per heavy atom. The molecule has 6 heteroatoms. The lowest BCUT2D eigenvalue weighted by atomic mass is 10.1. The Hall–Kier alpha value is -2.19. The standard InChI is InChI=1S/C13H16O2.C12H16O2.2C3H10Si/c1-13(9-5-6-10-13)15-12(14)11-7-3-2-4-8-11;1-4-12(2,3)14-11(13)10-8-6-5-7-9-10;2*1-2-3-4/h2-4,7-8H,5-6,9-10H2,1H3;5-9H,4H2,1-3H3;2*2-3H2,1,4H3. The maximum absolute atomic E-state index is 11.8. The molecule has 1 fully saturated rings. The van der Waals surface area contributed by atoms with Crippen LogP contribution in [0.3, 0.4) is 0 Å². The van der Waals surface area contributed by atoms with E-state index in [2.05, 4.69) is 13.8 Å². The lowest BCUT2D eigenvalue weighted by Crippen LogP contribution is -2.28. The second kappa shape index (κ2) is 19.9. The molecule has 3 rings (SSSR count). The molecule has 0 aromatic heterocycles. The summed E-state index contributed by atoms with van der Waals surface area (Å²) in [6.45, 7) is 12.3. The number of carbonyl (C=O) groups is 2. The van der Waals surface area contributed by atoms with Crippen LogP contribution in [0.1, 0.15) is 107 Å². The van der Waals surface area contributed by atoms with Crippen LogP contribution in [0.5, 0.6) is 0 Å². The highest BCUT2D eigenvalue weighted by Crippen LogP contribution is 2.33. The molecule has 0 unspecified atom stereocenters. The molecule has 1 saturated carbocycles. The van der Waals surface area contributed by atoms with Crippen molar-refractivity contribution in [1.82, 2.24) is 0 Å². The molecule has 0 heterocycles. The van der Waals surface area contributed by atoms with E-state index < -0.39 is 0 Å². The molecule has 2 aromatic carbocycles. The molecule has 0 N–H and O–H groups in total. The first-order valence-corrected chi connectivity index (χ1v) is 17.0. The maximum atomic E-state index is 11.8. The largest absolute Gasteiger partial charge is 0.456 e. The van der Waals surface area contributed by atoms with Crippen molar-refractivity contribution < 1.29 is 19.1 Å². The van der Waals surface area contributed by atoms with Crippen molar-refractivity contribution in [3.8, 4) is 0 Å². The van der Waals surface area contributed by atoms with Crippen molar-refractivity contribution in [2.24, 2.45) is 0 Å². The van der Waals surface area contributed by atoms with Crippen LogP contribution in [0.25, 0.3) is 0 Å². The smallest absolute Gasteiger partial charge is 0.338 e. The van der Waals surface area contributed by atoms with E-state index in [1.165, 1.54) is 58.3 Å². The van der Waals surface area contributed by atoms with Crippen LogP contribution in [-0.4, -0.2) is 43.6 Å². The van der Waals surface area contributed by atoms with Crippen LogP contribution in [0.4, 0.5) is 0 Å². The summed E-state index contributed by atoms with van der Waals surface area (Å²) in [5.41, 5.74) is 0.638. The number of rotatable bonds is 7. The van der Waals surface area contributed by atoms with Gasteiger partial charge in [0, 0.05) is 20.5 Å². The summed E-state index contributed by atoms with van der Waals surface area (Å²) >= 11 is 0. The zero-order valence-corrected chi connectivity index (χ0v) is 28.8. The minimum atomic E-state index is -0.382. The Bertz CT molecular complexity index is 840. The summed E-state index contributed by atoms with van der Waals surface area (Å²) in [5.74, 6) is -0.447. The summed E-state index contributed by atoms with van der Waals surface area (Å²) in [7, 11) is 2.78. The maximum Gasteiger partial charge on any atom is 0.338 e. The predicted octanol–water partition coefficient (Wildman–Crippen LogP) is 6.57. The second-order valence-electron chi connectivity index (χ2n) is 10.3. The van der Waals surface area contributed by atoms with Crippen molar-refractivity contribution in [2.75, 3.05) is 0 Å². The van der Waals surface area contributed by atoms with E-state index in [0.29, 0.717) is 11.1 Å². The topological polar surface area (TPSA) is 52.6 Å². The zero-order valence-electron chi connectivity index (χ0n) is 24.8. The van der Waals surface area contributed by atoms with E-state index in [0.717, 1.165) is 19.3 Å². The number of hydrogen-bond acceptors (Lipinski definition) is 4. The zero-order chi connectivity index (χ0) is 28.2. The average molecular weight is 545 g/mol. The highest BCUT2D eigenvalue weighted by atomic mass is 28.1.